The van der Waals surface area contributed by atoms with E-state index in [0.717, 1.165) is 33.6 Å². The summed E-state index contributed by atoms with van der Waals surface area (Å²) in [5, 5.41) is 14.2. The van der Waals surface area contributed by atoms with E-state index in [2.05, 4.69) is 11.4 Å². The van der Waals surface area contributed by atoms with Gasteiger partial charge < -0.3 is 10.1 Å². The van der Waals surface area contributed by atoms with Crippen LogP contribution in [0.4, 0.5) is 5.00 Å². The monoisotopic (exact) mass is 503 g/mol. The van der Waals surface area contributed by atoms with E-state index in [-0.39, 0.29) is 12.0 Å². The maximum absolute atomic E-state index is 13.1. The Morgan fingerprint density at radius 2 is 1.70 bits per heavy atom. The molecule has 37 heavy (non-hydrogen) atoms. The lowest BCUT2D eigenvalue weighted by Gasteiger charge is -2.22. The zero-order chi connectivity index (χ0) is 25.9. The Morgan fingerprint density at radius 1 is 1.03 bits per heavy atom. The highest BCUT2D eigenvalue weighted by molar-refractivity contribution is 7.17. The lowest BCUT2D eigenvalue weighted by molar-refractivity contribution is 0.102. The van der Waals surface area contributed by atoms with Gasteiger partial charge in [0.25, 0.3) is 5.91 Å². The average molecular weight is 504 g/mol. The van der Waals surface area contributed by atoms with Crippen molar-refractivity contribution in [1.82, 2.24) is 4.98 Å². The normalized spacial score (nSPS) is 14.7. The van der Waals surface area contributed by atoms with Crippen LogP contribution >= 0.6 is 11.3 Å². The van der Waals surface area contributed by atoms with Crippen molar-refractivity contribution in [3.05, 3.63) is 112 Å². The fourth-order valence-corrected chi connectivity index (χ4v) is 4.99. The van der Waals surface area contributed by atoms with Crippen LogP contribution in [0.2, 0.25) is 0 Å². The summed E-state index contributed by atoms with van der Waals surface area (Å²) in [7, 11) is 0. The van der Waals surface area contributed by atoms with E-state index in [0.29, 0.717) is 26.8 Å². The molecule has 0 aliphatic carbocycles. The van der Waals surface area contributed by atoms with Gasteiger partial charge in [0, 0.05) is 16.7 Å². The van der Waals surface area contributed by atoms with Gasteiger partial charge in [0.15, 0.2) is 0 Å². The van der Waals surface area contributed by atoms with Gasteiger partial charge in [0.05, 0.1) is 5.57 Å². The summed E-state index contributed by atoms with van der Waals surface area (Å²) in [4.78, 5) is 17.9. The van der Waals surface area contributed by atoms with Crippen molar-refractivity contribution in [2.45, 2.75) is 26.9 Å². The van der Waals surface area contributed by atoms with Crippen molar-refractivity contribution in [3.63, 3.8) is 0 Å². The number of aryl methyl sites for hydroxylation is 2. The highest BCUT2D eigenvalue weighted by atomic mass is 32.1. The van der Waals surface area contributed by atoms with E-state index in [1.807, 2.05) is 93.6 Å². The third-order valence-electron chi connectivity index (χ3n) is 6.17. The molecule has 1 aliphatic heterocycles. The molecule has 0 fully saturated rings. The molecule has 2 heterocycles. The number of ether oxygens (including phenoxy) is 1. The molecule has 5 rings (SSSR count). The molecule has 6 heteroatoms. The number of benzene rings is 3. The van der Waals surface area contributed by atoms with Crippen LogP contribution in [0.1, 0.15) is 39.0 Å². The molecule has 0 unspecified atom stereocenters. The number of para-hydroxylation sites is 1. The van der Waals surface area contributed by atoms with Crippen LogP contribution in [0.3, 0.4) is 0 Å². The molecule has 5 nitrogen and oxygen atoms in total. The first-order valence-corrected chi connectivity index (χ1v) is 12.8. The number of carbonyl (C=O) groups is 1. The minimum atomic E-state index is -0.223. The van der Waals surface area contributed by atoms with Crippen molar-refractivity contribution in [2.75, 3.05) is 5.32 Å². The van der Waals surface area contributed by atoms with Gasteiger partial charge in [-0.1, -0.05) is 77.1 Å². The molecule has 1 N–H and O–H groups in total. The van der Waals surface area contributed by atoms with Crippen LogP contribution in [0.5, 0.6) is 5.75 Å². The van der Waals surface area contributed by atoms with Crippen LogP contribution in [0.25, 0.3) is 22.9 Å². The van der Waals surface area contributed by atoms with Crippen LogP contribution in [0.15, 0.2) is 84.4 Å². The summed E-state index contributed by atoms with van der Waals surface area (Å²) in [5.41, 5.74) is 6.53. The van der Waals surface area contributed by atoms with Gasteiger partial charge >= 0.3 is 0 Å². The summed E-state index contributed by atoms with van der Waals surface area (Å²) in [5.74, 6) is 0.599. The predicted molar refractivity (Wildman–Crippen MR) is 150 cm³/mol. The predicted octanol–water partition coefficient (Wildman–Crippen LogP) is 7.45. The number of carbonyl (C=O) groups excluding carboxylic acids is 1. The Bertz CT molecular complexity index is 1570. The van der Waals surface area contributed by atoms with Crippen molar-refractivity contribution in [3.8, 4) is 23.1 Å². The molecule has 182 valence electrons. The van der Waals surface area contributed by atoms with E-state index in [9.17, 15) is 10.1 Å². The smallest absolute Gasteiger partial charge is 0.256 e. The number of amides is 1. The molecule has 1 aromatic heterocycles. The number of rotatable bonds is 5. The van der Waals surface area contributed by atoms with Gasteiger partial charge in [-0.3, -0.25) is 4.79 Å². The number of nitrogens with zero attached hydrogens (tertiary/aromatic N) is 2. The minimum absolute atomic E-state index is 0.213. The highest BCUT2D eigenvalue weighted by Gasteiger charge is 2.21. The molecule has 0 saturated carbocycles. The Labute approximate surface area is 220 Å². The number of aromatic nitrogens is 1. The quantitative estimate of drug-likeness (QED) is 0.287. The molecule has 1 atom stereocenters. The van der Waals surface area contributed by atoms with E-state index < -0.39 is 0 Å². The minimum Gasteiger partial charge on any atom is -0.485 e. The van der Waals surface area contributed by atoms with Crippen LogP contribution in [-0.2, 0) is 0 Å². The molecule has 0 spiro atoms. The van der Waals surface area contributed by atoms with E-state index in [1.54, 1.807) is 12.1 Å². The van der Waals surface area contributed by atoms with Crippen molar-refractivity contribution >= 4 is 33.9 Å². The second-order valence-electron chi connectivity index (χ2n) is 8.99. The summed E-state index contributed by atoms with van der Waals surface area (Å²) in [6.45, 7) is 5.96. The third kappa shape index (κ3) is 5.23. The number of hydrogen-bond acceptors (Lipinski definition) is 5. The van der Waals surface area contributed by atoms with E-state index >= 15 is 0 Å². The number of fused-ring (bicyclic) bond motifs is 1. The first kappa shape index (κ1) is 24.2. The lowest BCUT2D eigenvalue weighted by Crippen LogP contribution is -2.17. The van der Waals surface area contributed by atoms with Crippen molar-refractivity contribution in [2.24, 2.45) is 0 Å². The second-order valence-corrected chi connectivity index (χ2v) is 9.99. The van der Waals surface area contributed by atoms with Crippen LogP contribution in [0, 0.1) is 25.2 Å². The maximum atomic E-state index is 13.1. The fourth-order valence-electron chi connectivity index (χ4n) is 4.04. The number of allylic oxidation sites excluding steroid dienone is 1. The summed E-state index contributed by atoms with van der Waals surface area (Å²) >= 11 is 1.29. The molecule has 3 aromatic carbocycles. The molecule has 0 bridgehead atoms. The topological polar surface area (TPSA) is 75.0 Å². The van der Waals surface area contributed by atoms with Gasteiger partial charge in [-0.15, -0.1) is 0 Å². The molecule has 1 aliphatic rings. The first-order valence-electron chi connectivity index (χ1n) is 12.0. The van der Waals surface area contributed by atoms with Gasteiger partial charge in [0.1, 0.15) is 33.6 Å². The highest BCUT2D eigenvalue weighted by Crippen LogP contribution is 2.38. The molecular formula is C31H25N3O2S. The Hall–Kier alpha value is -4.47. The van der Waals surface area contributed by atoms with Crippen LogP contribution < -0.4 is 10.1 Å². The van der Waals surface area contributed by atoms with Crippen LogP contribution in [-0.4, -0.2) is 17.0 Å². The van der Waals surface area contributed by atoms with Crippen molar-refractivity contribution in [1.29, 1.82) is 5.26 Å². The molecule has 4 aromatic rings. The number of thiazole rings is 1. The zero-order valence-electron chi connectivity index (χ0n) is 20.8. The molecule has 0 saturated heterocycles. The Balaban J connectivity index is 1.55. The standard InChI is InChI=1S/C31H25N3O2S/c1-19-8-12-22(13-9-19)28-31(34-29(35)23-14-10-20(2)11-15-23)37-30(33-28)26(18-32)17-25-16-24-6-4-5-7-27(24)36-21(25)3/h4-17,21H,1-3H3,(H,34,35)/b26-17+/t21-/m1/s1. The lowest BCUT2D eigenvalue weighted by atomic mass is 10.0. The maximum Gasteiger partial charge on any atom is 0.256 e. The number of nitrogens with one attached hydrogen (secondary N) is 1. The molecule has 0 radical (unpaired) electrons. The van der Waals surface area contributed by atoms with Gasteiger partial charge in [-0.25, -0.2) is 4.98 Å². The third-order valence-corrected chi connectivity index (χ3v) is 7.17. The fraction of sp³-hybridized carbons (Fsp3) is 0.129. The molecule has 1 amide bonds. The van der Waals surface area contributed by atoms with Gasteiger partial charge in [-0.2, -0.15) is 5.26 Å². The van der Waals surface area contributed by atoms with E-state index in [1.165, 1.54) is 11.3 Å². The second kappa shape index (κ2) is 10.3. The zero-order valence-corrected chi connectivity index (χ0v) is 21.6. The van der Waals surface area contributed by atoms with Gasteiger partial charge in [-0.05, 0) is 56.7 Å². The number of nitriles is 1. The summed E-state index contributed by atoms with van der Waals surface area (Å²) in [6, 6.07) is 25.5. The number of anilines is 1. The van der Waals surface area contributed by atoms with E-state index in [4.69, 9.17) is 9.72 Å². The van der Waals surface area contributed by atoms with Crippen molar-refractivity contribution < 1.29 is 9.53 Å². The Kier molecular flexibility index (Phi) is 6.72. The molecular weight excluding hydrogens is 478 g/mol. The summed E-state index contributed by atoms with van der Waals surface area (Å²) < 4.78 is 6.05. The first-order chi connectivity index (χ1) is 17.9. The SMILES string of the molecule is Cc1ccc(C(=O)Nc2sc(/C(C#N)=C/C3=Cc4ccccc4O[C@@H]3C)nc2-c2ccc(C)cc2)cc1. The largest absolute Gasteiger partial charge is 0.485 e. The summed E-state index contributed by atoms with van der Waals surface area (Å²) in [6.07, 6.45) is 3.65. The Morgan fingerprint density at radius 3 is 2.41 bits per heavy atom. The average Bonchev–Trinajstić information content (AvgIpc) is 3.31. The number of hydrogen-bond donors (Lipinski definition) is 1. The van der Waals surface area contributed by atoms with Gasteiger partial charge in [0.2, 0.25) is 0 Å².